The molecule has 0 radical (unpaired) electrons. The van der Waals surface area contributed by atoms with Gasteiger partial charge >= 0.3 is 5.97 Å². The van der Waals surface area contributed by atoms with Crippen LogP contribution in [0.4, 0.5) is 4.39 Å². The second kappa shape index (κ2) is 8.98. The Balaban J connectivity index is 1.42. The van der Waals surface area contributed by atoms with E-state index in [0.717, 1.165) is 6.08 Å². The lowest BCUT2D eigenvalue weighted by molar-refractivity contribution is -0.148. The van der Waals surface area contributed by atoms with Gasteiger partial charge in [-0.05, 0) is 35.9 Å². The van der Waals surface area contributed by atoms with Crippen LogP contribution in [0.5, 0.6) is 0 Å². The zero-order chi connectivity index (χ0) is 19.9. The Morgan fingerprint density at radius 2 is 1.82 bits per heavy atom. The van der Waals surface area contributed by atoms with Crippen molar-refractivity contribution < 1.29 is 27.9 Å². The number of amides is 2. The molecule has 1 aromatic heterocycles. The SMILES string of the molecule is O=C(/C=C/c1cccc(F)c1)OCC(=O)N1CCN(C(=O)c2ccco2)CC1. The van der Waals surface area contributed by atoms with Crippen LogP contribution in [0.1, 0.15) is 16.1 Å². The number of piperazine rings is 1. The number of esters is 1. The summed E-state index contributed by atoms with van der Waals surface area (Å²) >= 11 is 0. The minimum atomic E-state index is -0.691. The summed E-state index contributed by atoms with van der Waals surface area (Å²) in [5, 5.41) is 0. The number of rotatable bonds is 5. The van der Waals surface area contributed by atoms with E-state index in [-0.39, 0.29) is 17.6 Å². The molecular formula is C20H19FN2O5. The summed E-state index contributed by atoms with van der Waals surface area (Å²) in [7, 11) is 0. The summed E-state index contributed by atoms with van der Waals surface area (Å²) in [5.41, 5.74) is 0.514. The molecule has 7 nitrogen and oxygen atoms in total. The molecule has 0 bridgehead atoms. The number of ether oxygens (including phenoxy) is 1. The maximum atomic E-state index is 13.1. The fourth-order valence-corrected chi connectivity index (χ4v) is 2.76. The third kappa shape index (κ3) is 5.06. The van der Waals surface area contributed by atoms with Gasteiger partial charge in [-0.15, -0.1) is 0 Å². The van der Waals surface area contributed by atoms with Crippen molar-refractivity contribution in [3.8, 4) is 0 Å². The molecule has 1 aromatic carbocycles. The number of hydrogen-bond donors (Lipinski definition) is 0. The molecule has 0 spiro atoms. The second-order valence-electron chi connectivity index (χ2n) is 6.15. The Kier molecular flexibility index (Phi) is 6.21. The number of nitrogens with zero attached hydrogens (tertiary/aromatic N) is 2. The molecule has 1 fully saturated rings. The van der Waals surface area contributed by atoms with Crippen molar-refractivity contribution in [3.63, 3.8) is 0 Å². The summed E-state index contributed by atoms with van der Waals surface area (Å²) in [6, 6.07) is 8.98. The average molecular weight is 386 g/mol. The lowest BCUT2D eigenvalue weighted by Gasteiger charge is -2.34. The van der Waals surface area contributed by atoms with Gasteiger partial charge in [0.05, 0.1) is 6.26 Å². The summed E-state index contributed by atoms with van der Waals surface area (Å²) in [6.07, 6.45) is 3.99. The van der Waals surface area contributed by atoms with E-state index >= 15 is 0 Å². The predicted octanol–water partition coefficient (Wildman–Crippen LogP) is 1.96. The number of hydrogen-bond acceptors (Lipinski definition) is 5. The quantitative estimate of drug-likeness (QED) is 0.580. The fourth-order valence-electron chi connectivity index (χ4n) is 2.76. The Labute approximate surface area is 161 Å². The molecule has 1 aliphatic heterocycles. The molecule has 0 unspecified atom stereocenters. The van der Waals surface area contributed by atoms with E-state index in [0.29, 0.717) is 31.7 Å². The predicted molar refractivity (Wildman–Crippen MR) is 97.6 cm³/mol. The molecule has 0 N–H and O–H groups in total. The summed E-state index contributed by atoms with van der Waals surface area (Å²) in [6.45, 7) is 1.06. The fraction of sp³-hybridized carbons (Fsp3) is 0.250. The van der Waals surface area contributed by atoms with Crippen molar-refractivity contribution in [2.24, 2.45) is 0 Å². The van der Waals surface area contributed by atoms with Crippen LogP contribution in [0.25, 0.3) is 6.08 Å². The maximum absolute atomic E-state index is 13.1. The highest BCUT2D eigenvalue weighted by Crippen LogP contribution is 2.10. The average Bonchev–Trinajstić information content (AvgIpc) is 3.25. The van der Waals surface area contributed by atoms with Gasteiger partial charge in [0.15, 0.2) is 12.4 Å². The van der Waals surface area contributed by atoms with Crippen molar-refractivity contribution in [3.05, 3.63) is 65.9 Å². The van der Waals surface area contributed by atoms with Crippen LogP contribution in [-0.4, -0.2) is 60.4 Å². The van der Waals surface area contributed by atoms with Crippen molar-refractivity contribution in [2.45, 2.75) is 0 Å². The molecule has 8 heteroatoms. The topological polar surface area (TPSA) is 80.1 Å². The zero-order valence-electron chi connectivity index (χ0n) is 15.0. The first-order valence-electron chi connectivity index (χ1n) is 8.74. The van der Waals surface area contributed by atoms with Crippen LogP contribution in [0.2, 0.25) is 0 Å². The van der Waals surface area contributed by atoms with Crippen LogP contribution in [0, 0.1) is 5.82 Å². The number of furan rings is 1. The maximum Gasteiger partial charge on any atom is 0.331 e. The number of halogens is 1. The van der Waals surface area contributed by atoms with Gasteiger partial charge in [0.2, 0.25) is 0 Å². The van der Waals surface area contributed by atoms with Gasteiger partial charge < -0.3 is 19.0 Å². The van der Waals surface area contributed by atoms with E-state index in [4.69, 9.17) is 9.15 Å². The molecule has 2 amide bonds. The molecular weight excluding hydrogens is 367 g/mol. The number of carbonyl (C=O) groups excluding carboxylic acids is 3. The lowest BCUT2D eigenvalue weighted by Crippen LogP contribution is -2.51. The summed E-state index contributed by atoms with van der Waals surface area (Å²) in [5.74, 6) is -1.39. The van der Waals surface area contributed by atoms with Crippen molar-refractivity contribution in [2.75, 3.05) is 32.8 Å². The highest BCUT2D eigenvalue weighted by atomic mass is 19.1. The first-order chi connectivity index (χ1) is 13.5. The highest BCUT2D eigenvalue weighted by Gasteiger charge is 2.26. The Bertz CT molecular complexity index is 870. The number of carbonyl (C=O) groups is 3. The largest absolute Gasteiger partial charge is 0.459 e. The second-order valence-corrected chi connectivity index (χ2v) is 6.15. The number of benzene rings is 1. The Morgan fingerprint density at radius 1 is 1.07 bits per heavy atom. The van der Waals surface area contributed by atoms with Crippen LogP contribution >= 0.6 is 0 Å². The minimum Gasteiger partial charge on any atom is -0.459 e. The van der Waals surface area contributed by atoms with Crippen molar-refractivity contribution >= 4 is 23.9 Å². The highest BCUT2D eigenvalue weighted by molar-refractivity contribution is 5.92. The van der Waals surface area contributed by atoms with E-state index in [1.165, 1.54) is 35.4 Å². The molecule has 3 rings (SSSR count). The first-order valence-corrected chi connectivity index (χ1v) is 8.74. The lowest BCUT2D eigenvalue weighted by atomic mass is 10.2. The smallest absolute Gasteiger partial charge is 0.331 e. The molecule has 1 saturated heterocycles. The van der Waals surface area contributed by atoms with Gasteiger partial charge in [-0.1, -0.05) is 12.1 Å². The normalized spacial score (nSPS) is 14.3. The van der Waals surface area contributed by atoms with Crippen LogP contribution in [-0.2, 0) is 14.3 Å². The van der Waals surface area contributed by atoms with E-state index in [1.807, 2.05) is 0 Å². The molecule has 0 aliphatic carbocycles. The molecule has 1 aliphatic rings. The van der Waals surface area contributed by atoms with Crippen molar-refractivity contribution in [1.29, 1.82) is 0 Å². The zero-order valence-corrected chi connectivity index (χ0v) is 15.0. The van der Waals surface area contributed by atoms with Crippen molar-refractivity contribution in [1.82, 2.24) is 9.80 Å². The van der Waals surface area contributed by atoms with Gasteiger partial charge in [-0.2, -0.15) is 0 Å². The molecule has 2 heterocycles. The monoisotopic (exact) mass is 386 g/mol. The third-order valence-electron chi connectivity index (χ3n) is 4.25. The molecule has 28 heavy (non-hydrogen) atoms. The van der Waals surface area contributed by atoms with Gasteiger partial charge in [-0.3, -0.25) is 9.59 Å². The molecule has 2 aromatic rings. The van der Waals surface area contributed by atoms with E-state index in [1.54, 1.807) is 23.1 Å². The van der Waals surface area contributed by atoms with Crippen LogP contribution in [0.15, 0.2) is 53.2 Å². The Hall–Kier alpha value is -3.42. The summed E-state index contributed by atoms with van der Waals surface area (Å²) < 4.78 is 23.1. The van der Waals surface area contributed by atoms with Gasteiger partial charge in [0.25, 0.3) is 11.8 Å². The van der Waals surface area contributed by atoms with Gasteiger partial charge in [0.1, 0.15) is 5.82 Å². The van der Waals surface area contributed by atoms with Crippen LogP contribution < -0.4 is 0 Å². The van der Waals surface area contributed by atoms with E-state index in [2.05, 4.69) is 0 Å². The van der Waals surface area contributed by atoms with Gasteiger partial charge in [-0.25, -0.2) is 9.18 Å². The van der Waals surface area contributed by atoms with E-state index < -0.39 is 18.4 Å². The van der Waals surface area contributed by atoms with Crippen LogP contribution in [0.3, 0.4) is 0 Å². The standard InChI is InChI=1S/C20H19FN2O5/c21-16-4-1-3-15(13-16)6-7-19(25)28-14-18(24)22-8-10-23(11-9-22)20(26)17-5-2-12-27-17/h1-7,12-13H,8-11,14H2/b7-6+. The molecule has 146 valence electrons. The third-order valence-corrected chi connectivity index (χ3v) is 4.25. The summed E-state index contributed by atoms with van der Waals surface area (Å²) in [4.78, 5) is 39.2. The molecule has 0 atom stereocenters. The molecule has 0 saturated carbocycles. The van der Waals surface area contributed by atoms with E-state index in [9.17, 15) is 18.8 Å². The Morgan fingerprint density at radius 3 is 2.50 bits per heavy atom. The first kappa shape index (κ1) is 19.3. The minimum absolute atomic E-state index is 0.217. The van der Waals surface area contributed by atoms with Gasteiger partial charge in [0, 0.05) is 32.3 Å².